The van der Waals surface area contributed by atoms with E-state index in [-0.39, 0.29) is 5.60 Å². The molecular formula is C19H31NO. The summed E-state index contributed by atoms with van der Waals surface area (Å²) in [5.41, 5.74) is 4.16. The molecule has 1 N–H and O–H groups in total. The molecule has 118 valence electrons. The summed E-state index contributed by atoms with van der Waals surface area (Å²) in [6, 6.07) is 7.31. The summed E-state index contributed by atoms with van der Waals surface area (Å²) in [6.07, 6.45) is 7.38. The van der Waals surface area contributed by atoms with Gasteiger partial charge in [-0.15, -0.1) is 0 Å². The number of likely N-dealkylation sites (N-methyl/N-ethyl adjacent to an activating group) is 1. The number of rotatable bonds is 6. The molecule has 1 atom stereocenters. The van der Waals surface area contributed by atoms with Gasteiger partial charge in [0, 0.05) is 13.2 Å². The van der Waals surface area contributed by atoms with Gasteiger partial charge in [0.1, 0.15) is 0 Å². The zero-order valence-electron chi connectivity index (χ0n) is 14.2. The molecule has 2 nitrogen and oxygen atoms in total. The van der Waals surface area contributed by atoms with Gasteiger partial charge in [-0.25, -0.2) is 0 Å². The van der Waals surface area contributed by atoms with E-state index in [0.717, 1.165) is 13.0 Å². The van der Waals surface area contributed by atoms with E-state index in [1.807, 2.05) is 7.11 Å². The molecular weight excluding hydrogens is 258 g/mol. The molecule has 1 aliphatic rings. The smallest absolute Gasteiger partial charge is 0.0834 e. The summed E-state index contributed by atoms with van der Waals surface area (Å²) < 4.78 is 6.06. The number of nitrogens with one attached hydrogen (secondary N) is 1. The van der Waals surface area contributed by atoms with Crippen molar-refractivity contribution < 1.29 is 4.74 Å². The molecule has 0 radical (unpaired) electrons. The predicted octanol–water partition coefficient (Wildman–Crippen LogP) is 4.17. The van der Waals surface area contributed by atoms with Crippen molar-refractivity contribution in [1.82, 2.24) is 5.32 Å². The summed E-state index contributed by atoms with van der Waals surface area (Å²) in [6.45, 7) is 7.57. The van der Waals surface area contributed by atoms with Crippen molar-refractivity contribution in [3.05, 3.63) is 34.9 Å². The second-order valence-electron chi connectivity index (χ2n) is 6.64. The molecule has 0 aliphatic heterocycles. The number of ether oxygens (including phenoxy) is 1. The molecule has 1 aromatic rings. The van der Waals surface area contributed by atoms with E-state index in [9.17, 15) is 0 Å². The molecule has 2 rings (SSSR count). The third kappa shape index (κ3) is 4.08. The van der Waals surface area contributed by atoms with Crippen LogP contribution in [0, 0.1) is 13.8 Å². The van der Waals surface area contributed by atoms with Crippen LogP contribution in [0.4, 0.5) is 0 Å². The summed E-state index contributed by atoms with van der Waals surface area (Å²) in [5.74, 6) is 0. The van der Waals surface area contributed by atoms with E-state index in [0.29, 0.717) is 6.04 Å². The van der Waals surface area contributed by atoms with E-state index in [1.165, 1.54) is 48.8 Å². The predicted molar refractivity (Wildman–Crippen MR) is 89.9 cm³/mol. The van der Waals surface area contributed by atoms with Crippen LogP contribution in [-0.4, -0.2) is 25.3 Å². The average Bonchev–Trinajstić information content (AvgIpc) is 2.46. The summed E-state index contributed by atoms with van der Waals surface area (Å²) in [5, 5.41) is 3.71. The minimum Gasteiger partial charge on any atom is -0.377 e. The Labute approximate surface area is 130 Å². The van der Waals surface area contributed by atoms with Gasteiger partial charge in [0.15, 0.2) is 0 Å². The topological polar surface area (TPSA) is 21.3 Å². The SMILES string of the molecule is CCNC(Cc1cc(C)cc(C)c1)C1(OC)CCCCC1. The lowest BCUT2D eigenvalue weighted by Gasteiger charge is -2.43. The molecule has 0 bridgehead atoms. The van der Waals surface area contributed by atoms with Gasteiger partial charge < -0.3 is 10.1 Å². The fraction of sp³-hybridized carbons (Fsp3) is 0.684. The van der Waals surface area contributed by atoms with Gasteiger partial charge >= 0.3 is 0 Å². The quantitative estimate of drug-likeness (QED) is 0.848. The molecule has 0 aromatic heterocycles. The molecule has 21 heavy (non-hydrogen) atoms. The normalized spacial score (nSPS) is 19.4. The molecule has 1 unspecified atom stereocenters. The third-order valence-electron chi connectivity index (χ3n) is 4.91. The number of aryl methyl sites for hydroxylation is 2. The summed E-state index contributed by atoms with van der Waals surface area (Å²) in [4.78, 5) is 0. The van der Waals surface area contributed by atoms with Crippen molar-refractivity contribution in [1.29, 1.82) is 0 Å². The largest absolute Gasteiger partial charge is 0.377 e. The average molecular weight is 289 g/mol. The zero-order chi connectivity index (χ0) is 15.3. The van der Waals surface area contributed by atoms with Gasteiger partial charge in [0.05, 0.1) is 5.60 Å². The first kappa shape index (κ1) is 16.5. The van der Waals surface area contributed by atoms with Crippen LogP contribution < -0.4 is 5.32 Å². The summed E-state index contributed by atoms with van der Waals surface area (Å²) >= 11 is 0. The Balaban J connectivity index is 2.21. The van der Waals surface area contributed by atoms with Crippen LogP contribution in [-0.2, 0) is 11.2 Å². The molecule has 1 saturated carbocycles. The van der Waals surface area contributed by atoms with E-state index in [1.54, 1.807) is 0 Å². The number of methoxy groups -OCH3 is 1. The lowest BCUT2D eigenvalue weighted by Crippen LogP contribution is -2.54. The maximum atomic E-state index is 6.06. The van der Waals surface area contributed by atoms with Gasteiger partial charge in [-0.3, -0.25) is 0 Å². The second-order valence-corrected chi connectivity index (χ2v) is 6.64. The highest BCUT2D eigenvalue weighted by atomic mass is 16.5. The van der Waals surface area contributed by atoms with Gasteiger partial charge in [-0.2, -0.15) is 0 Å². The Bertz CT molecular complexity index is 429. The Morgan fingerprint density at radius 3 is 2.24 bits per heavy atom. The Kier molecular flexibility index (Phi) is 5.83. The minimum absolute atomic E-state index is 0.0198. The first-order valence-electron chi connectivity index (χ1n) is 8.45. The molecule has 0 amide bonds. The Morgan fingerprint density at radius 2 is 1.71 bits per heavy atom. The highest BCUT2D eigenvalue weighted by Gasteiger charge is 2.39. The number of hydrogen-bond acceptors (Lipinski definition) is 2. The van der Waals surface area contributed by atoms with E-state index in [2.05, 4.69) is 44.3 Å². The molecule has 0 saturated heterocycles. The van der Waals surface area contributed by atoms with Crippen LogP contribution in [0.2, 0.25) is 0 Å². The first-order chi connectivity index (χ1) is 10.1. The van der Waals surface area contributed by atoms with Gasteiger partial charge in [-0.05, 0) is 45.2 Å². The fourth-order valence-corrected chi connectivity index (χ4v) is 3.96. The summed E-state index contributed by atoms with van der Waals surface area (Å²) in [7, 11) is 1.90. The Hall–Kier alpha value is -0.860. The van der Waals surface area contributed by atoms with Crippen LogP contribution in [0.25, 0.3) is 0 Å². The van der Waals surface area contributed by atoms with Crippen molar-refractivity contribution in [2.24, 2.45) is 0 Å². The van der Waals surface area contributed by atoms with E-state index < -0.39 is 0 Å². The van der Waals surface area contributed by atoms with E-state index >= 15 is 0 Å². The van der Waals surface area contributed by atoms with Crippen molar-refractivity contribution in [2.75, 3.05) is 13.7 Å². The minimum atomic E-state index is 0.0198. The maximum absolute atomic E-state index is 6.06. The van der Waals surface area contributed by atoms with Crippen molar-refractivity contribution in [2.45, 2.75) is 70.9 Å². The number of hydrogen-bond donors (Lipinski definition) is 1. The second kappa shape index (κ2) is 7.42. The van der Waals surface area contributed by atoms with Gasteiger partial charge in [0.25, 0.3) is 0 Å². The Morgan fingerprint density at radius 1 is 1.10 bits per heavy atom. The van der Waals surface area contributed by atoms with Crippen molar-refractivity contribution in [3.63, 3.8) is 0 Å². The standard InChI is InChI=1S/C19H31NO/c1-5-20-18(19(21-4)9-7-6-8-10-19)14-17-12-15(2)11-16(3)13-17/h11-13,18,20H,5-10,14H2,1-4H3. The highest BCUT2D eigenvalue weighted by molar-refractivity contribution is 5.29. The van der Waals surface area contributed by atoms with Crippen LogP contribution in [0.1, 0.15) is 55.7 Å². The molecule has 1 aromatic carbocycles. The fourth-order valence-electron chi connectivity index (χ4n) is 3.96. The first-order valence-corrected chi connectivity index (χ1v) is 8.45. The van der Waals surface area contributed by atoms with E-state index in [4.69, 9.17) is 4.74 Å². The van der Waals surface area contributed by atoms with Crippen LogP contribution >= 0.6 is 0 Å². The van der Waals surface area contributed by atoms with Crippen molar-refractivity contribution in [3.8, 4) is 0 Å². The molecule has 0 spiro atoms. The third-order valence-corrected chi connectivity index (χ3v) is 4.91. The molecule has 0 heterocycles. The van der Waals surface area contributed by atoms with Crippen LogP contribution in [0.3, 0.4) is 0 Å². The molecule has 1 aliphatic carbocycles. The van der Waals surface area contributed by atoms with Crippen LogP contribution in [0.5, 0.6) is 0 Å². The van der Waals surface area contributed by atoms with Crippen molar-refractivity contribution >= 4 is 0 Å². The number of benzene rings is 1. The maximum Gasteiger partial charge on any atom is 0.0834 e. The molecule has 2 heteroatoms. The highest BCUT2D eigenvalue weighted by Crippen LogP contribution is 2.35. The lowest BCUT2D eigenvalue weighted by molar-refractivity contribution is -0.0669. The molecule has 1 fully saturated rings. The monoisotopic (exact) mass is 289 g/mol. The van der Waals surface area contributed by atoms with Gasteiger partial charge in [-0.1, -0.05) is 55.5 Å². The van der Waals surface area contributed by atoms with Gasteiger partial charge in [0.2, 0.25) is 0 Å². The lowest BCUT2D eigenvalue weighted by atomic mass is 9.77. The van der Waals surface area contributed by atoms with Crippen LogP contribution in [0.15, 0.2) is 18.2 Å². The zero-order valence-corrected chi connectivity index (χ0v) is 14.2.